The Balaban J connectivity index is 2.16. The molecule has 2 rings (SSSR count). The van der Waals surface area contributed by atoms with Crippen LogP contribution >= 0.6 is 11.6 Å². The van der Waals surface area contributed by atoms with Gasteiger partial charge in [-0.25, -0.2) is 0 Å². The minimum Gasteiger partial charge on any atom is -0.0843 e. The molecule has 0 atom stereocenters. The van der Waals surface area contributed by atoms with Crippen LogP contribution < -0.4 is 0 Å². The Kier molecular flexibility index (Phi) is 3.20. The average molecular weight is 233 g/mol. The van der Waals surface area contributed by atoms with Crippen molar-refractivity contribution in [3.8, 4) is 0 Å². The van der Waals surface area contributed by atoms with Crippen molar-refractivity contribution in [2.45, 2.75) is 33.6 Å². The second-order valence-corrected chi connectivity index (χ2v) is 5.05. The maximum Gasteiger partial charge on any atom is 0.0406 e. The van der Waals surface area contributed by atoms with Crippen LogP contribution in [-0.2, 0) is 6.42 Å². The predicted octanol–water partition coefficient (Wildman–Crippen LogP) is 4.94. The fourth-order valence-corrected chi connectivity index (χ4v) is 2.34. The molecular formula is C15H17Cl. The SMILES string of the molecule is CC1=C(C)C(C)=C(Cc2ccc(Cl)cc2)C1. The van der Waals surface area contributed by atoms with E-state index in [2.05, 4.69) is 32.9 Å². The molecule has 16 heavy (non-hydrogen) atoms. The Morgan fingerprint density at radius 3 is 2.12 bits per heavy atom. The summed E-state index contributed by atoms with van der Waals surface area (Å²) in [6.45, 7) is 6.68. The van der Waals surface area contributed by atoms with Crippen LogP contribution in [0.4, 0.5) is 0 Å². The lowest BCUT2D eigenvalue weighted by atomic mass is 10.0. The fourth-order valence-electron chi connectivity index (χ4n) is 2.21. The molecule has 0 heterocycles. The summed E-state index contributed by atoms with van der Waals surface area (Å²) in [7, 11) is 0. The second-order valence-electron chi connectivity index (χ2n) is 4.61. The van der Waals surface area contributed by atoms with Gasteiger partial charge in [0.2, 0.25) is 0 Å². The van der Waals surface area contributed by atoms with Crippen molar-refractivity contribution in [1.82, 2.24) is 0 Å². The number of benzene rings is 1. The molecule has 0 N–H and O–H groups in total. The molecule has 84 valence electrons. The van der Waals surface area contributed by atoms with Crippen LogP contribution in [0.1, 0.15) is 32.8 Å². The molecule has 0 nitrogen and oxygen atoms in total. The zero-order valence-electron chi connectivity index (χ0n) is 10.1. The molecule has 1 aromatic rings. The smallest absolute Gasteiger partial charge is 0.0406 e. The number of hydrogen-bond donors (Lipinski definition) is 0. The minimum absolute atomic E-state index is 0.811. The third kappa shape index (κ3) is 2.22. The Labute approximate surface area is 103 Å². The van der Waals surface area contributed by atoms with E-state index in [-0.39, 0.29) is 0 Å². The van der Waals surface area contributed by atoms with Crippen molar-refractivity contribution in [3.63, 3.8) is 0 Å². The van der Waals surface area contributed by atoms with Crippen molar-refractivity contribution in [2.24, 2.45) is 0 Å². The predicted molar refractivity (Wildman–Crippen MR) is 70.8 cm³/mol. The first-order valence-electron chi connectivity index (χ1n) is 5.67. The highest BCUT2D eigenvalue weighted by Crippen LogP contribution is 2.33. The Morgan fingerprint density at radius 2 is 1.62 bits per heavy atom. The second kappa shape index (κ2) is 4.47. The van der Waals surface area contributed by atoms with Crippen LogP contribution in [-0.4, -0.2) is 0 Å². The van der Waals surface area contributed by atoms with Crippen molar-refractivity contribution in [2.75, 3.05) is 0 Å². The standard InChI is InChI=1S/C15H17Cl/c1-10-8-14(12(3)11(10)2)9-13-4-6-15(16)7-5-13/h4-7H,8-9H2,1-3H3. The van der Waals surface area contributed by atoms with Gasteiger partial charge in [0.05, 0.1) is 0 Å². The molecule has 0 spiro atoms. The Morgan fingerprint density at radius 1 is 1.00 bits per heavy atom. The van der Waals surface area contributed by atoms with Crippen LogP contribution in [0.15, 0.2) is 46.6 Å². The minimum atomic E-state index is 0.811. The van der Waals surface area contributed by atoms with Gasteiger partial charge in [-0.3, -0.25) is 0 Å². The van der Waals surface area contributed by atoms with E-state index in [1.54, 1.807) is 5.57 Å². The highest BCUT2D eigenvalue weighted by Gasteiger charge is 2.15. The highest BCUT2D eigenvalue weighted by atomic mass is 35.5. The molecule has 0 aliphatic heterocycles. The molecule has 1 heteroatoms. The summed E-state index contributed by atoms with van der Waals surface area (Å²) in [5.74, 6) is 0. The van der Waals surface area contributed by atoms with Crippen molar-refractivity contribution in [3.05, 3.63) is 57.1 Å². The van der Waals surface area contributed by atoms with Gasteiger partial charge in [0, 0.05) is 5.02 Å². The van der Waals surface area contributed by atoms with Crippen LogP contribution in [0.5, 0.6) is 0 Å². The van der Waals surface area contributed by atoms with Crippen LogP contribution in [0.3, 0.4) is 0 Å². The molecule has 0 radical (unpaired) electrons. The van der Waals surface area contributed by atoms with Crippen LogP contribution in [0.2, 0.25) is 5.02 Å². The van der Waals surface area contributed by atoms with Crippen molar-refractivity contribution >= 4 is 11.6 Å². The molecule has 0 aromatic heterocycles. The van der Waals surface area contributed by atoms with E-state index in [0.29, 0.717) is 0 Å². The normalized spacial score (nSPS) is 16.2. The molecule has 1 aromatic carbocycles. The molecule has 0 amide bonds. The van der Waals surface area contributed by atoms with Crippen LogP contribution in [0, 0.1) is 0 Å². The molecule has 0 saturated carbocycles. The monoisotopic (exact) mass is 232 g/mol. The lowest BCUT2D eigenvalue weighted by Gasteiger charge is -2.05. The summed E-state index contributed by atoms with van der Waals surface area (Å²) < 4.78 is 0. The molecule has 0 bridgehead atoms. The van der Waals surface area contributed by atoms with E-state index in [9.17, 15) is 0 Å². The topological polar surface area (TPSA) is 0 Å². The number of halogens is 1. The zero-order chi connectivity index (χ0) is 11.7. The van der Waals surface area contributed by atoms with E-state index in [0.717, 1.165) is 17.9 Å². The highest BCUT2D eigenvalue weighted by molar-refractivity contribution is 6.30. The maximum absolute atomic E-state index is 5.88. The summed E-state index contributed by atoms with van der Waals surface area (Å²) in [5.41, 5.74) is 7.37. The number of allylic oxidation sites excluding steroid dienone is 4. The first kappa shape index (κ1) is 11.5. The van der Waals surface area contributed by atoms with Gasteiger partial charge in [0.15, 0.2) is 0 Å². The fraction of sp³-hybridized carbons (Fsp3) is 0.333. The van der Waals surface area contributed by atoms with Gasteiger partial charge in [0.1, 0.15) is 0 Å². The van der Waals surface area contributed by atoms with Gasteiger partial charge >= 0.3 is 0 Å². The van der Waals surface area contributed by atoms with Gasteiger partial charge in [-0.05, 0) is 62.5 Å². The molecule has 0 saturated heterocycles. The third-order valence-electron chi connectivity index (χ3n) is 3.54. The summed E-state index contributed by atoms with van der Waals surface area (Å²) in [4.78, 5) is 0. The first-order chi connectivity index (χ1) is 7.58. The maximum atomic E-state index is 5.88. The first-order valence-corrected chi connectivity index (χ1v) is 6.05. The molecular weight excluding hydrogens is 216 g/mol. The molecule has 0 unspecified atom stereocenters. The molecule has 0 fully saturated rings. The third-order valence-corrected chi connectivity index (χ3v) is 3.79. The summed E-state index contributed by atoms with van der Waals surface area (Å²) in [6, 6.07) is 8.17. The summed E-state index contributed by atoms with van der Waals surface area (Å²) in [5, 5.41) is 0.811. The molecule has 1 aliphatic rings. The summed E-state index contributed by atoms with van der Waals surface area (Å²) >= 11 is 5.88. The number of hydrogen-bond acceptors (Lipinski definition) is 0. The van der Waals surface area contributed by atoms with Crippen LogP contribution in [0.25, 0.3) is 0 Å². The van der Waals surface area contributed by atoms with Gasteiger partial charge in [0.25, 0.3) is 0 Å². The van der Waals surface area contributed by atoms with Crippen molar-refractivity contribution in [1.29, 1.82) is 0 Å². The number of rotatable bonds is 2. The van der Waals surface area contributed by atoms with E-state index in [1.807, 2.05) is 12.1 Å². The zero-order valence-corrected chi connectivity index (χ0v) is 10.9. The lowest BCUT2D eigenvalue weighted by molar-refractivity contribution is 1.03. The van der Waals surface area contributed by atoms with E-state index < -0.39 is 0 Å². The molecule has 1 aliphatic carbocycles. The quantitative estimate of drug-likeness (QED) is 0.678. The van der Waals surface area contributed by atoms with E-state index in [4.69, 9.17) is 11.6 Å². The lowest BCUT2D eigenvalue weighted by Crippen LogP contribution is -1.90. The summed E-state index contributed by atoms with van der Waals surface area (Å²) in [6.07, 6.45) is 2.19. The van der Waals surface area contributed by atoms with E-state index in [1.165, 1.54) is 22.3 Å². The van der Waals surface area contributed by atoms with Gasteiger partial charge in [-0.1, -0.05) is 34.9 Å². The Bertz CT molecular complexity index is 461. The van der Waals surface area contributed by atoms with Crippen molar-refractivity contribution < 1.29 is 0 Å². The van der Waals surface area contributed by atoms with Gasteiger partial charge in [-0.2, -0.15) is 0 Å². The Hall–Kier alpha value is -1.01. The van der Waals surface area contributed by atoms with Gasteiger partial charge in [-0.15, -0.1) is 0 Å². The van der Waals surface area contributed by atoms with Gasteiger partial charge < -0.3 is 0 Å². The largest absolute Gasteiger partial charge is 0.0843 e. The van der Waals surface area contributed by atoms with E-state index >= 15 is 0 Å². The average Bonchev–Trinajstić information content (AvgIpc) is 2.50.